The maximum Gasteiger partial charge on any atom is 0.573 e. The Kier molecular flexibility index (Phi) is 5.97. The van der Waals surface area contributed by atoms with Crippen LogP contribution in [0.5, 0.6) is 5.75 Å². The number of anilines is 1. The largest absolute Gasteiger partial charge is 0.573 e. The summed E-state index contributed by atoms with van der Waals surface area (Å²) in [6.45, 7) is 1.91. The zero-order valence-electron chi connectivity index (χ0n) is 14.9. The third kappa shape index (κ3) is 5.41. The molecule has 0 saturated carbocycles. The molecule has 0 bridgehead atoms. The Balaban J connectivity index is 1.71. The van der Waals surface area contributed by atoms with E-state index in [0.717, 1.165) is 23.4 Å². The third-order valence-electron chi connectivity index (χ3n) is 3.63. The lowest BCUT2D eigenvalue weighted by molar-refractivity contribution is -0.704. The number of para-hydroxylation sites is 2. The molecule has 0 radical (unpaired) electrons. The molecular formula is C18H15F3N3O4S+. The van der Waals surface area contributed by atoms with Crippen molar-refractivity contribution in [3.05, 3.63) is 64.5 Å². The van der Waals surface area contributed by atoms with Crippen LogP contribution in [0.2, 0.25) is 0 Å². The highest BCUT2D eigenvalue weighted by Crippen LogP contribution is 2.30. The van der Waals surface area contributed by atoms with Gasteiger partial charge in [0.25, 0.3) is 0 Å². The number of thioether (sulfide) groups is 1. The lowest BCUT2D eigenvalue weighted by Gasteiger charge is -2.13. The van der Waals surface area contributed by atoms with E-state index in [0.29, 0.717) is 5.69 Å². The molecule has 2 aromatic carbocycles. The fourth-order valence-corrected chi connectivity index (χ4v) is 3.13. The number of hydrogen-bond donors (Lipinski definition) is 2. The van der Waals surface area contributed by atoms with E-state index in [1.54, 1.807) is 12.1 Å². The molecule has 1 heterocycles. The van der Waals surface area contributed by atoms with Crippen molar-refractivity contribution in [2.45, 2.75) is 18.3 Å². The first-order valence-electron chi connectivity index (χ1n) is 8.21. The molecule has 0 atom stereocenters. The van der Waals surface area contributed by atoms with Gasteiger partial charge in [-0.1, -0.05) is 29.8 Å². The molecule has 1 amide bonds. The summed E-state index contributed by atoms with van der Waals surface area (Å²) < 4.78 is 47.5. The molecule has 0 saturated heterocycles. The summed E-state index contributed by atoms with van der Waals surface area (Å²) >= 11 is 0.876. The van der Waals surface area contributed by atoms with E-state index < -0.39 is 23.6 Å². The highest BCUT2D eigenvalue weighted by Gasteiger charge is 2.32. The fraction of sp³-hybridized carbons (Fsp3) is 0.167. The minimum atomic E-state index is -4.89. The van der Waals surface area contributed by atoms with Crippen LogP contribution in [0.3, 0.4) is 0 Å². The lowest BCUT2D eigenvalue weighted by Crippen LogP contribution is -2.36. The molecule has 152 valence electrons. The molecule has 7 nitrogen and oxygen atoms in total. The maximum absolute atomic E-state index is 12.5. The van der Waals surface area contributed by atoms with Gasteiger partial charge in [-0.2, -0.15) is 0 Å². The number of carbonyl (C=O) groups excluding carboxylic acids is 1. The van der Waals surface area contributed by atoms with Gasteiger partial charge in [0.1, 0.15) is 0 Å². The van der Waals surface area contributed by atoms with Gasteiger partial charge >= 0.3 is 17.0 Å². The average Bonchev–Trinajstić information content (AvgIpc) is 3.02. The van der Waals surface area contributed by atoms with Crippen molar-refractivity contribution in [3.8, 4) is 11.4 Å². The molecule has 0 spiro atoms. The Hall–Kier alpha value is -3.21. The number of nitrogens with one attached hydrogen (secondary N) is 2. The molecule has 29 heavy (non-hydrogen) atoms. The van der Waals surface area contributed by atoms with Crippen molar-refractivity contribution < 1.29 is 31.9 Å². The van der Waals surface area contributed by atoms with Gasteiger partial charge < -0.3 is 10.1 Å². The third-order valence-corrected chi connectivity index (χ3v) is 4.66. The number of H-pyrrole nitrogens is 1. The van der Waals surface area contributed by atoms with E-state index in [2.05, 4.69) is 15.3 Å². The second kappa shape index (κ2) is 8.43. The zero-order valence-corrected chi connectivity index (χ0v) is 15.8. The molecule has 0 aliphatic heterocycles. The summed E-state index contributed by atoms with van der Waals surface area (Å²) in [5, 5.41) is 4.91. The quantitative estimate of drug-likeness (QED) is 0.467. The van der Waals surface area contributed by atoms with Gasteiger partial charge in [-0.05, 0) is 40.8 Å². The Morgan fingerprint density at radius 3 is 2.59 bits per heavy atom. The van der Waals surface area contributed by atoms with Gasteiger partial charge in [-0.3, -0.25) is 9.32 Å². The number of aryl methyl sites for hydroxylation is 1. The summed E-state index contributed by atoms with van der Waals surface area (Å²) in [6, 6.07) is 12.4. The van der Waals surface area contributed by atoms with E-state index in [9.17, 15) is 22.8 Å². The van der Waals surface area contributed by atoms with Crippen LogP contribution in [0.25, 0.3) is 5.69 Å². The number of ether oxygens (including phenoxy) is 1. The van der Waals surface area contributed by atoms with Gasteiger partial charge in [0.2, 0.25) is 11.6 Å². The van der Waals surface area contributed by atoms with Gasteiger partial charge in [0, 0.05) is 12.1 Å². The number of rotatable bonds is 6. The monoisotopic (exact) mass is 426 g/mol. The van der Waals surface area contributed by atoms with E-state index in [4.69, 9.17) is 4.52 Å². The molecular weight excluding hydrogens is 411 g/mol. The van der Waals surface area contributed by atoms with Crippen molar-refractivity contribution in [1.29, 1.82) is 0 Å². The van der Waals surface area contributed by atoms with Crippen LogP contribution in [0.15, 0.2) is 62.9 Å². The second-order valence-corrected chi connectivity index (χ2v) is 6.80. The summed E-state index contributed by atoms with van der Waals surface area (Å²) in [4.78, 5) is 24.2. The number of benzene rings is 2. The molecule has 0 unspecified atom stereocenters. The van der Waals surface area contributed by atoms with Crippen molar-refractivity contribution in [3.63, 3.8) is 0 Å². The van der Waals surface area contributed by atoms with Crippen molar-refractivity contribution in [2.75, 3.05) is 11.1 Å². The molecule has 2 N–H and O–H groups in total. The average molecular weight is 426 g/mol. The number of hydrogen-bond acceptors (Lipinski definition) is 5. The molecule has 0 fully saturated rings. The van der Waals surface area contributed by atoms with Gasteiger partial charge in [-0.15, -0.1) is 13.2 Å². The van der Waals surface area contributed by atoms with E-state index in [-0.39, 0.29) is 16.5 Å². The maximum atomic E-state index is 12.5. The van der Waals surface area contributed by atoms with E-state index in [1.165, 1.54) is 22.9 Å². The minimum absolute atomic E-state index is 0.115. The highest BCUT2D eigenvalue weighted by atomic mass is 32.2. The van der Waals surface area contributed by atoms with Gasteiger partial charge in [0.15, 0.2) is 5.75 Å². The Morgan fingerprint density at radius 2 is 1.90 bits per heavy atom. The summed E-state index contributed by atoms with van der Waals surface area (Å²) in [5.41, 5.74) is 0.828. The first kappa shape index (κ1) is 20.5. The lowest BCUT2D eigenvalue weighted by atomic mass is 10.2. The smallest absolute Gasteiger partial charge is 0.404 e. The topological polar surface area (TPSA) is 88.2 Å². The standard InChI is InChI=1S/C18H14F3N3O4S/c1-11-6-8-12(9-7-11)24-16(17(26)28-23-24)29-10-15(25)22-13-4-2-3-5-14(13)27-18(19,20)21/h2-9H,10H2,1H3,(H-,22,23,25,26)/p+1. The van der Waals surface area contributed by atoms with E-state index >= 15 is 0 Å². The first-order chi connectivity index (χ1) is 13.7. The fourth-order valence-electron chi connectivity index (χ4n) is 2.35. The van der Waals surface area contributed by atoms with Crippen LogP contribution in [-0.4, -0.2) is 23.3 Å². The number of aromatic nitrogens is 2. The molecule has 0 aliphatic rings. The van der Waals surface area contributed by atoms with Crippen LogP contribution in [-0.2, 0) is 4.79 Å². The molecule has 3 rings (SSSR count). The predicted octanol–water partition coefficient (Wildman–Crippen LogP) is 3.18. The second-order valence-electron chi connectivity index (χ2n) is 5.84. The number of halogens is 3. The van der Waals surface area contributed by atoms with Crippen LogP contribution in [0, 0.1) is 6.92 Å². The number of alkyl halides is 3. The minimum Gasteiger partial charge on any atom is -0.404 e. The number of nitrogens with zero attached hydrogens (tertiary/aromatic N) is 1. The van der Waals surface area contributed by atoms with Crippen LogP contribution in [0.4, 0.5) is 18.9 Å². The number of carbonyl (C=O) groups is 1. The van der Waals surface area contributed by atoms with Crippen molar-refractivity contribution in [1.82, 2.24) is 5.27 Å². The Morgan fingerprint density at radius 1 is 1.21 bits per heavy atom. The molecule has 1 aromatic heterocycles. The molecule has 0 aliphatic carbocycles. The Labute approximate surface area is 166 Å². The van der Waals surface area contributed by atoms with Gasteiger partial charge in [0.05, 0.1) is 11.4 Å². The van der Waals surface area contributed by atoms with Crippen LogP contribution in [0.1, 0.15) is 5.56 Å². The summed E-state index contributed by atoms with van der Waals surface area (Å²) in [7, 11) is 0. The summed E-state index contributed by atoms with van der Waals surface area (Å²) in [6.07, 6.45) is -4.89. The predicted molar refractivity (Wildman–Crippen MR) is 98.1 cm³/mol. The van der Waals surface area contributed by atoms with Crippen molar-refractivity contribution >= 4 is 23.4 Å². The number of amides is 1. The zero-order chi connectivity index (χ0) is 21.0. The number of aromatic amines is 1. The molecule has 3 aromatic rings. The van der Waals surface area contributed by atoms with Crippen LogP contribution < -0.4 is 20.4 Å². The highest BCUT2D eigenvalue weighted by molar-refractivity contribution is 7.99. The SMILES string of the molecule is Cc1ccc(-[n+]2[nH]oc(=O)c2SCC(=O)Nc2ccccc2OC(F)(F)F)cc1. The van der Waals surface area contributed by atoms with Gasteiger partial charge in [-0.25, -0.2) is 4.79 Å². The first-order valence-corrected chi connectivity index (χ1v) is 9.19. The normalized spacial score (nSPS) is 11.3. The summed E-state index contributed by atoms with van der Waals surface area (Å²) in [5.74, 6) is -1.40. The van der Waals surface area contributed by atoms with E-state index in [1.807, 2.05) is 19.1 Å². The van der Waals surface area contributed by atoms with Crippen LogP contribution >= 0.6 is 11.8 Å². The van der Waals surface area contributed by atoms with Crippen molar-refractivity contribution in [2.24, 2.45) is 0 Å². The molecule has 11 heteroatoms. The Bertz CT molecular complexity index is 1060.